The van der Waals surface area contributed by atoms with Crippen LogP contribution in [0.1, 0.15) is 28.4 Å². The first kappa shape index (κ1) is 15.5. The molecule has 25 heavy (non-hydrogen) atoms. The molecule has 1 atom stereocenters. The van der Waals surface area contributed by atoms with E-state index in [4.69, 9.17) is 11.6 Å². The smallest absolute Gasteiger partial charge is 0.305 e. The Labute approximate surface area is 147 Å². The number of amides is 1. The van der Waals surface area contributed by atoms with Crippen molar-refractivity contribution < 1.29 is 14.7 Å². The molecule has 1 aliphatic rings. The molecule has 0 saturated heterocycles. The first-order valence-electron chi connectivity index (χ1n) is 7.62. The number of carbonyl (C=O) groups excluding carboxylic acids is 1. The normalized spacial score (nSPS) is 16.3. The number of carbonyl (C=O) groups is 2. The number of aliphatic carboxylic acids is 1. The summed E-state index contributed by atoms with van der Waals surface area (Å²) >= 11 is 5.92. The number of pyridine rings is 2. The van der Waals surface area contributed by atoms with Crippen LogP contribution >= 0.6 is 11.6 Å². The van der Waals surface area contributed by atoms with Crippen molar-refractivity contribution in [3.8, 4) is 0 Å². The number of benzene rings is 1. The first-order valence-corrected chi connectivity index (χ1v) is 8.00. The predicted octanol–water partition coefficient (Wildman–Crippen LogP) is 3.46. The summed E-state index contributed by atoms with van der Waals surface area (Å²) in [7, 11) is 0. The monoisotopic (exact) mass is 353 g/mol. The third kappa shape index (κ3) is 2.60. The Kier molecular flexibility index (Phi) is 3.62. The molecule has 0 saturated carbocycles. The van der Waals surface area contributed by atoms with Gasteiger partial charge in [-0.05, 0) is 35.9 Å². The third-order valence-corrected chi connectivity index (χ3v) is 4.41. The van der Waals surface area contributed by atoms with Gasteiger partial charge < -0.3 is 5.11 Å². The van der Waals surface area contributed by atoms with Crippen LogP contribution in [-0.2, 0) is 4.79 Å². The number of hydrogen-bond donors (Lipinski definition) is 1. The molecule has 0 aliphatic carbocycles. The van der Waals surface area contributed by atoms with Crippen molar-refractivity contribution in [2.24, 2.45) is 0 Å². The Hall–Kier alpha value is -2.99. The molecule has 0 radical (unpaired) electrons. The van der Waals surface area contributed by atoms with E-state index >= 15 is 0 Å². The van der Waals surface area contributed by atoms with Gasteiger partial charge in [-0.25, -0.2) is 9.97 Å². The van der Waals surface area contributed by atoms with Crippen molar-refractivity contribution in [1.29, 1.82) is 0 Å². The second-order valence-electron chi connectivity index (χ2n) is 5.73. The molecule has 1 aromatic carbocycles. The van der Waals surface area contributed by atoms with E-state index in [2.05, 4.69) is 9.97 Å². The molecular formula is C18H12ClN3O3. The van der Waals surface area contributed by atoms with Gasteiger partial charge in [-0.3, -0.25) is 14.5 Å². The molecule has 0 bridgehead atoms. The van der Waals surface area contributed by atoms with E-state index in [9.17, 15) is 14.7 Å². The quantitative estimate of drug-likeness (QED) is 0.729. The fourth-order valence-electron chi connectivity index (χ4n) is 3.12. The second kappa shape index (κ2) is 5.82. The van der Waals surface area contributed by atoms with E-state index < -0.39 is 12.0 Å². The lowest BCUT2D eigenvalue weighted by Crippen LogP contribution is -2.30. The highest BCUT2D eigenvalue weighted by atomic mass is 35.5. The molecule has 1 N–H and O–H groups in total. The van der Waals surface area contributed by atoms with Gasteiger partial charge in [0.15, 0.2) is 5.65 Å². The number of nitrogens with zero attached hydrogens (tertiary/aromatic N) is 3. The second-order valence-corrected chi connectivity index (χ2v) is 6.11. The molecule has 2 aromatic heterocycles. The zero-order valence-corrected chi connectivity index (χ0v) is 13.6. The molecule has 0 fully saturated rings. The Bertz CT molecular complexity index is 1020. The molecule has 1 aliphatic heterocycles. The van der Waals surface area contributed by atoms with Crippen molar-refractivity contribution >= 4 is 40.3 Å². The Morgan fingerprint density at radius 1 is 1.12 bits per heavy atom. The molecule has 6 nitrogen and oxygen atoms in total. The van der Waals surface area contributed by atoms with Gasteiger partial charge in [-0.2, -0.15) is 0 Å². The van der Waals surface area contributed by atoms with E-state index in [1.54, 1.807) is 48.5 Å². The summed E-state index contributed by atoms with van der Waals surface area (Å²) in [6, 6.07) is 13.3. The van der Waals surface area contributed by atoms with Crippen molar-refractivity contribution in [2.45, 2.75) is 12.5 Å². The van der Waals surface area contributed by atoms with Crippen LogP contribution in [0.5, 0.6) is 0 Å². The van der Waals surface area contributed by atoms with Gasteiger partial charge in [-0.15, -0.1) is 0 Å². The summed E-state index contributed by atoms with van der Waals surface area (Å²) < 4.78 is 0. The highest BCUT2D eigenvalue weighted by molar-refractivity contribution is 6.29. The van der Waals surface area contributed by atoms with Crippen molar-refractivity contribution in [1.82, 2.24) is 9.97 Å². The number of carboxylic acids is 1. The van der Waals surface area contributed by atoms with Gasteiger partial charge in [-0.1, -0.05) is 29.8 Å². The summed E-state index contributed by atoms with van der Waals surface area (Å²) in [6.45, 7) is 0. The van der Waals surface area contributed by atoms with Crippen molar-refractivity contribution in [3.05, 3.63) is 64.8 Å². The van der Waals surface area contributed by atoms with E-state index in [1.807, 2.05) is 0 Å². The lowest BCUT2D eigenvalue weighted by molar-refractivity contribution is -0.137. The number of rotatable bonds is 3. The van der Waals surface area contributed by atoms with Gasteiger partial charge in [0.05, 0.1) is 12.5 Å². The summed E-state index contributed by atoms with van der Waals surface area (Å²) in [5.74, 6) is -0.896. The standard InChI is InChI=1S/C18H12ClN3O3/c19-14-7-5-10-6-8-15(21-17(10)20-14)22-13(9-16(23)24)11-3-1-2-4-12(11)18(22)25/h1-8,13H,9H2,(H,23,24)/t13-/m1/s1. The van der Waals surface area contributed by atoms with Crippen molar-refractivity contribution in [3.63, 3.8) is 0 Å². The zero-order valence-electron chi connectivity index (χ0n) is 12.9. The first-order chi connectivity index (χ1) is 12.0. The van der Waals surface area contributed by atoms with Crippen LogP contribution < -0.4 is 4.90 Å². The summed E-state index contributed by atoms with van der Waals surface area (Å²) in [5, 5.41) is 10.4. The molecule has 124 valence electrons. The largest absolute Gasteiger partial charge is 0.481 e. The number of anilines is 1. The van der Waals surface area contributed by atoms with Crippen LogP contribution in [-0.4, -0.2) is 27.0 Å². The van der Waals surface area contributed by atoms with Crippen molar-refractivity contribution in [2.75, 3.05) is 4.90 Å². The third-order valence-electron chi connectivity index (χ3n) is 4.20. The van der Waals surface area contributed by atoms with Crippen LogP contribution in [0.3, 0.4) is 0 Å². The van der Waals surface area contributed by atoms with Crippen LogP contribution in [0, 0.1) is 0 Å². The van der Waals surface area contributed by atoms with Gasteiger partial charge >= 0.3 is 5.97 Å². The molecular weight excluding hydrogens is 342 g/mol. The highest BCUT2D eigenvalue weighted by Gasteiger charge is 2.39. The SMILES string of the molecule is O=C(O)C[C@@H]1c2ccccc2C(=O)N1c1ccc2ccc(Cl)nc2n1. The summed E-state index contributed by atoms with van der Waals surface area (Å²) in [4.78, 5) is 34.2. The molecule has 0 spiro atoms. The number of hydrogen-bond acceptors (Lipinski definition) is 4. The van der Waals surface area contributed by atoms with Crippen LogP contribution in [0.4, 0.5) is 5.82 Å². The molecule has 3 aromatic rings. The molecule has 3 heterocycles. The number of fused-ring (bicyclic) bond motifs is 2. The van der Waals surface area contributed by atoms with E-state index in [-0.39, 0.29) is 12.3 Å². The summed E-state index contributed by atoms with van der Waals surface area (Å²) in [6.07, 6.45) is -0.203. The molecule has 4 rings (SSSR count). The minimum atomic E-state index is -0.985. The molecule has 0 unspecified atom stereocenters. The highest BCUT2D eigenvalue weighted by Crippen LogP contribution is 2.39. The Balaban J connectivity index is 1.85. The van der Waals surface area contributed by atoms with Gasteiger partial charge in [0.2, 0.25) is 0 Å². The van der Waals surface area contributed by atoms with Gasteiger partial charge in [0.1, 0.15) is 11.0 Å². The fourth-order valence-corrected chi connectivity index (χ4v) is 3.27. The topological polar surface area (TPSA) is 83.4 Å². The van der Waals surface area contributed by atoms with Crippen LogP contribution in [0.2, 0.25) is 5.15 Å². The lowest BCUT2D eigenvalue weighted by atomic mass is 10.0. The van der Waals surface area contributed by atoms with E-state index in [0.29, 0.717) is 27.7 Å². The summed E-state index contributed by atoms with van der Waals surface area (Å²) in [5.41, 5.74) is 1.59. The molecule has 7 heteroatoms. The average molecular weight is 354 g/mol. The maximum Gasteiger partial charge on any atom is 0.305 e. The zero-order chi connectivity index (χ0) is 17.6. The number of carboxylic acid groups (broad SMARTS) is 1. The van der Waals surface area contributed by atoms with E-state index in [1.165, 1.54) is 4.90 Å². The Morgan fingerprint density at radius 3 is 2.68 bits per heavy atom. The maximum absolute atomic E-state index is 12.8. The molecule has 1 amide bonds. The van der Waals surface area contributed by atoms with Crippen LogP contribution in [0.25, 0.3) is 11.0 Å². The predicted molar refractivity (Wildman–Crippen MR) is 92.8 cm³/mol. The Morgan fingerprint density at radius 2 is 1.88 bits per heavy atom. The van der Waals surface area contributed by atoms with Gasteiger partial charge in [0.25, 0.3) is 5.91 Å². The van der Waals surface area contributed by atoms with E-state index in [0.717, 1.165) is 5.39 Å². The minimum absolute atomic E-state index is 0.203. The lowest BCUT2D eigenvalue weighted by Gasteiger charge is -2.23. The number of aromatic nitrogens is 2. The maximum atomic E-state index is 12.8. The minimum Gasteiger partial charge on any atom is -0.481 e. The van der Waals surface area contributed by atoms with Crippen LogP contribution in [0.15, 0.2) is 48.5 Å². The van der Waals surface area contributed by atoms with Gasteiger partial charge in [0, 0.05) is 10.9 Å². The fraction of sp³-hybridized carbons (Fsp3) is 0.111. The number of halogens is 1. The average Bonchev–Trinajstić information content (AvgIpc) is 2.86.